The molecule has 0 aliphatic carbocycles. The Morgan fingerprint density at radius 1 is 1.59 bits per heavy atom. The SMILES string of the molecule is CCc1cccc(N2CC(C(=O)O)CC2=O)n1. The molecule has 1 aliphatic heterocycles. The Kier molecular flexibility index (Phi) is 3.08. The number of aliphatic carboxylic acids is 1. The Morgan fingerprint density at radius 3 is 2.94 bits per heavy atom. The highest BCUT2D eigenvalue weighted by Gasteiger charge is 2.35. The van der Waals surface area contributed by atoms with Gasteiger partial charge < -0.3 is 5.11 Å². The number of hydrogen-bond donors (Lipinski definition) is 1. The third-order valence-corrected chi connectivity index (χ3v) is 2.91. The molecule has 1 N–H and O–H groups in total. The van der Waals surface area contributed by atoms with Crippen molar-refractivity contribution in [3.05, 3.63) is 23.9 Å². The van der Waals surface area contributed by atoms with E-state index in [0.29, 0.717) is 5.82 Å². The Labute approximate surface area is 99.1 Å². The molecule has 1 atom stereocenters. The van der Waals surface area contributed by atoms with Crippen LogP contribution >= 0.6 is 0 Å². The molecule has 0 spiro atoms. The van der Waals surface area contributed by atoms with E-state index < -0.39 is 11.9 Å². The monoisotopic (exact) mass is 234 g/mol. The second-order valence-corrected chi connectivity index (χ2v) is 4.08. The van der Waals surface area contributed by atoms with Crippen LogP contribution in [0.3, 0.4) is 0 Å². The molecule has 2 rings (SSSR count). The van der Waals surface area contributed by atoms with Crippen LogP contribution in [-0.2, 0) is 16.0 Å². The summed E-state index contributed by atoms with van der Waals surface area (Å²) < 4.78 is 0. The van der Waals surface area contributed by atoms with Gasteiger partial charge in [-0.1, -0.05) is 13.0 Å². The molecule has 2 heterocycles. The van der Waals surface area contributed by atoms with Gasteiger partial charge in [0.1, 0.15) is 5.82 Å². The van der Waals surface area contributed by atoms with Gasteiger partial charge >= 0.3 is 5.97 Å². The average Bonchev–Trinajstić information content (AvgIpc) is 2.72. The minimum atomic E-state index is -0.924. The lowest BCUT2D eigenvalue weighted by molar-refractivity contribution is -0.141. The standard InChI is InChI=1S/C12H14N2O3/c1-2-9-4-3-5-10(13-9)14-7-8(12(16)17)6-11(14)15/h3-5,8H,2,6-7H2,1H3,(H,16,17). The first-order chi connectivity index (χ1) is 8.11. The molecule has 1 aromatic heterocycles. The number of carbonyl (C=O) groups excluding carboxylic acids is 1. The number of pyridine rings is 1. The van der Waals surface area contributed by atoms with Gasteiger partial charge in [-0.15, -0.1) is 0 Å². The van der Waals surface area contributed by atoms with Crippen molar-refractivity contribution in [2.24, 2.45) is 5.92 Å². The van der Waals surface area contributed by atoms with E-state index in [4.69, 9.17) is 5.11 Å². The lowest BCUT2D eigenvalue weighted by Gasteiger charge is -2.15. The molecule has 1 aromatic rings. The maximum Gasteiger partial charge on any atom is 0.308 e. The van der Waals surface area contributed by atoms with E-state index in [0.717, 1.165) is 12.1 Å². The van der Waals surface area contributed by atoms with E-state index in [1.54, 1.807) is 6.07 Å². The molecule has 0 aromatic carbocycles. The number of nitrogens with zero attached hydrogens (tertiary/aromatic N) is 2. The van der Waals surface area contributed by atoms with Crippen molar-refractivity contribution in [2.45, 2.75) is 19.8 Å². The van der Waals surface area contributed by atoms with Crippen LogP contribution in [0, 0.1) is 5.92 Å². The number of anilines is 1. The molecule has 0 saturated carbocycles. The van der Waals surface area contributed by atoms with Gasteiger partial charge in [-0.3, -0.25) is 14.5 Å². The van der Waals surface area contributed by atoms with E-state index in [9.17, 15) is 9.59 Å². The van der Waals surface area contributed by atoms with Crippen LogP contribution in [0.2, 0.25) is 0 Å². The summed E-state index contributed by atoms with van der Waals surface area (Å²) >= 11 is 0. The Hall–Kier alpha value is -1.91. The Morgan fingerprint density at radius 2 is 2.35 bits per heavy atom. The maximum atomic E-state index is 11.7. The molecule has 1 fully saturated rings. The summed E-state index contributed by atoms with van der Waals surface area (Å²) in [6, 6.07) is 5.46. The molecule has 1 aliphatic rings. The molecular formula is C12H14N2O3. The van der Waals surface area contributed by atoms with E-state index in [-0.39, 0.29) is 18.9 Å². The first kappa shape index (κ1) is 11.6. The first-order valence-corrected chi connectivity index (χ1v) is 5.61. The molecule has 0 bridgehead atoms. The summed E-state index contributed by atoms with van der Waals surface area (Å²) in [7, 11) is 0. The fourth-order valence-electron chi connectivity index (χ4n) is 1.91. The Balaban J connectivity index is 2.22. The minimum absolute atomic E-state index is 0.0629. The van der Waals surface area contributed by atoms with Gasteiger partial charge in [0.2, 0.25) is 5.91 Å². The van der Waals surface area contributed by atoms with Crippen LogP contribution in [0.4, 0.5) is 5.82 Å². The molecular weight excluding hydrogens is 220 g/mol. The third kappa shape index (κ3) is 2.27. The molecule has 0 radical (unpaired) electrons. The first-order valence-electron chi connectivity index (χ1n) is 5.61. The van der Waals surface area contributed by atoms with Crippen LogP contribution < -0.4 is 4.90 Å². The fraction of sp³-hybridized carbons (Fsp3) is 0.417. The van der Waals surface area contributed by atoms with Crippen LogP contribution in [0.1, 0.15) is 19.0 Å². The predicted molar refractivity (Wildman–Crippen MR) is 61.7 cm³/mol. The number of aromatic nitrogens is 1. The van der Waals surface area contributed by atoms with Crippen molar-refractivity contribution in [2.75, 3.05) is 11.4 Å². The van der Waals surface area contributed by atoms with Gasteiger partial charge in [0.15, 0.2) is 0 Å². The van der Waals surface area contributed by atoms with E-state index in [2.05, 4.69) is 4.98 Å². The second-order valence-electron chi connectivity index (χ2n) is 4.08. The van der Waals surface area contributed by atoms with Crippen molar-refractivity contribution < 1.29 is 14.7 Å². The van der Waals surface area contributed by atoms with Crippen LogP contribution in [0.25, 0.3) is 0 Å². The smallest absolute Gasteiger partial charge is 0.308 e. The van der Waals surface area contributed by atoms with Crippen molar-refractivity contribution in [1.29, 1.82) is 0 Å². The van der Waals surface area contributed by atoms with Gasteiger partial charge in [0.05, 0.1) is 5.92 Å². The van der Waals surface area contributed by atoms with Crippen LogP contribution in [0.5, 0.6) is 0 Å². The van der Waals surface area contributed by atoms with Gasteiger partial charge in [0.25, 0.3) is 0 Å². The van der Waals surface area contributed by atoms with Crippen molar-refractivity contribution >= 4 is 17.7 Å². The fourth-order valence-corrected chi connectivity index (χ4v) is 1.91. The topological polar surface area (TPSA) is 70.5 Å². The zero-order chi connectivity index (χ0) is 12.4. The summed E-state index contributed by atoms with van der Waals surface area (Å²) in [4.78, 5) is 28.3. The van der Waals surface area contributed by atoms with Gasteiger partial charge in [-0.2, -0.15) is 0 Å². The normalized spacial score (nSPS) is 19.7. The number of rotatable bonds is 3. The maximum absolute atomic E-state index is 11.7. The van der Waals surface area contributed by atoms with E-state index in [1.807, 2.05) is 19.1 Å². The molecule has 5 nitrogen and oxygen atoms in total. The highest BCUT2D eigenvalue weighted by Crippen LogP contribution is 2.23. The number of carboxylic acid groups (broad SMARTS) is 1. The second kappa shape index (κ2) is 4.53. The summed E-state index contributed by atoms with van der Waals surface area (Å²) in [5.41, 5.74) is 0.897. The average molecular weight is 234 g/mol. The molecule has 5 heteroatoms. The summed E-state index contributed by atoms with van der Waals surface area (Å²) in [5, 5.41) is 8.90. The van der Waals surface area contributed by atoms with E-state index in [1.165, 1.54) is 4.90 Å². The summed E-state index contributed by atoms with van der Waals surface area (Å²) in [6.45, 7) is 2.20. The zero-order valence-electron chi connectivity index (χ0n) is 9.59. The van der Waals surface area contributed by atoms with Crippen LogP contribution in [0.15, 0.2) is 18.2 Å². The third-order valence-electron chi connectivity index (χ3n) is 2.91. The quantitative estimate of drug-likeness (QED) is 0.849. The molecule has 17 heavy (non-hydrogen) atoms. The predicted octanol–water partition coefficient (Wildman–Crippen LogP) is 1.08. The van der Waals surface area contributed by atoms with Crippen molar-refractivity contribution in [1.82, 2.24) is 4.98 Å². The Bertz CT molecular complexity index is 459. The molecule has 1 amide bonds. The zero-order valence-corrected chi connectivity index (χ0v) is 9.59. The lowest BCUT2D eigenvalue weighted by Crippen LogP contribution is -2.26. The summed E-state index contributed by atoms with van der Waals surface area (Å²) in [5.74, 6) is -1.15. The lowest BCUT2D eigenvalue weighted by atomic mass is 10.1. The minimum Gasteiger partial charge on any atom is -0.481 e. The highest BCUT2D eigenvalue weighted by molar-refractivity contribution is 5.98. The van der Waals surface area contributed by atoms with Crippen molar-refractivity contribution in [3.8, 4) is 0 Å². The molecule has 1 saturated heterocycles. The van der Waals surface area contributed by atoms with Gasteiger partial charge in [-0.25, -0.2) is 4.98 Å². The number of carbonyl (C=O) groups is 2. The summed E-state index contributed by atoms with van der Waals surface area (Å²) in [6.07, 6.45) is 0.853. The van der Waals surface area contributed by atoms with Crippen LogP contribution in [-0.4, -0.2) is 28.5 Å². The number of hydrogen-bond acceptors (Lipinski definition) is 3. The number of aryl methyl sites for hydroxylation is 1. The van der Waals surface area contributed by atoms with E-state index >= 15 is 0 Å². The number of carboxylic acids is 1. The highest BCUT2D eigenvalue weighted by atomic mass is 16.4. The van der Waals surface area contributed by atoms with Gasteiger partial charge in [0, 0.05) is 18.7 Å². The van der Waals surface area contributed by atoms with Gasteiger partial charge in [-0.05, 0) is 18.6 Å². The largest absolute Gasteiger partial charge is 0.481 e. The number of amides is 1. The molecule has 90 valence electrons. The van der Waals surface area contributed by atoms with Crippen molar-refractivity contribution in [3.63, 3.8) is 0 Å². The molecule has 1 unspecified atom stereocenters.